The average Bonchev–Trinajstić information content (AvgIpc) is 2.63. The lowest BCUT2D eigenvalue weighted by atomic mass is 9.87. The van der Waals surface area contributed by atoms with E-state index in [4.69, 9.17) is 0 Å². The second-order valence-electron chi connectivity index (χ2n) is 8.95. The maximum Gasteiger partial charge on any atom is 0.241 e. The van der Waals surface area contributed by atoms with Crippen molar-refractivity contribution >= 4 is 21.6 Å². The zero-order valence-electron chi connectivity index (χ0n) is 19.1. The summed E-state index contributed by atoms with van der Waals surface area (Å²) in [6.45, 7) is 12.1. The summed E-state index contributed by atoms with van der Waals surface area (Å²) in [6, 6.07) is 13.3. The number of nitrogens with one attached hydrogen (secondary N) is 1. The van der Waals surface area contributed by atoms with Gasteiger partial charge in [-0.25, -0.2) is 8.42 Å². The van der Waals surface area contributed by atoms with Gasteiger partial charge in [-0.1, -0.05) is 63.6 Å². The fourth-order valence-corrected chi connectivity index (χ4v) is 4.37. The number of hydrogen-bond donors (Lipinski definition) is 1. The predicted octanol–water partition coefficient (Wildman–Crippen LogP) is 4.63. The van der Waals surface area contributed by atoms with E-state index in [1.165, 1.54) is 5.56 Å². The Labute approximate surface area is 181 Å². The van der Waals surface area contributed by atoms with E-state index < -0.39 is 10.0 Å². The van der Waals surface area contributed by atoms with Crippen LogP contribution in [0.5, 0.6) is 0 Å². The number of anilines is 1. The smallest absolute Gasteiger partial charge is 0.241 e. The Kier molecular flexibility index (Phi) is 7.35. The molecule has 0 saturated carbocycles. The fraction of sp³-hybridized carbons (Fsp3) is 0.458. The quantitative estimate of drug-likeness (QED) is 0.696. The average molecular weight is 431 g/mol. The van der Waals surface area contributed by atoms with Crippen LogP contribution in [0.4, 0.5) is 5.69 Å². The lowest BCUT2D eigenvalue weighted by molar-refractivity contribution is -0.120. The first-order chi connectivity index (χ1) is 13.8. The summed E-state index contributed by atoms with van der Waals surface area (Å²) in [5.74, 6) is -0.327. The predicted molar refractivity (Wildman–Crippen MR) is 124 cm³/mol. The highest BCUT2D eigenvalue weighted by atomic mass is 32.2. The molecule has 2 aromatic rings. The van der Waals surface area contributed by atoms with E-state index in [0.717, 1.165) is 33.7 Å². The molecule has 0 heterocycles. The van der Waals surface area contributed by atoms with Crippen LogP contribution in [0, 0.1) is 13.8 Å². The van der Waals surface area contributed by atoms with E-state index in [1.54, 1.807) is 12.1 Å². The highest BCUT2D eigenvalue weighted by Gasteiger charge is 2.23. The zero-order valence-corrected chi connectivity index (χ0v) is 19.9. The van der Waals surface area contributed by atoms with Crippen LogP contribution >= 0.6 is 0 Å². The monoisotopic (exact) mass is 430 g/mol. The third-order valence-corrected chi connectivity index (χ3v) is 6.39. The van der Waals surface area contributed by atoms with Gasteiger partial charge >= 0.3 is 0 Å². The largest absolute Gasteiger partial charge is 0.348 e. The molecule has 30 heavy (non-hydrogen) atoms. The molecule has 0 bridgehead atoms. The Bertz CT molecular complexity index is 990. The second-order valence-corrected chi connectivity index (χ2v) is 10.9. The number of amides is 1. The molecule has 0 unspecified atom stereocenters. The molecule has 2 aromatic carbocycles. The van der Waals surface area contributed by atoms with E-state index in [1.807, 2.05) is 45.0 Å². The molecule has 0 spiro atoms. The summed E-state index contributed by atoms with van der Waals surface area (Å²) in [4.78, 5) is 12.8. The lowest BCUT2D eigenvalue weighted by Crippen LogP contribution is -2.41. The van der Waals surface area contributed by atoms with Crippen molar-refractivity contribution in [3.8, 4) is 0 Å². The molecule has 0 aliphatic rings. The fourth-order valence-electron chi connectivity index (χ4n) is 3.51. The zero-order chi connectivity index (χ0) is 22.7. The number of nitrogens with zero attached hydrogens (tertiary/aromatic N) is 1. The van der Waals surface area contributed by atoms with Gasteiger partial charge in [0.25, 0.3) is 0 Å². The van der Waals surface area contributed by atoms with Crippen molar-refractivity contribution in [1.29, 1.82) is 0 Å². The molecule has 0 aliphatic heterocycles. The molecule has 6 heteroatoms. The number of rotatable bonds is 7. The van der Waals surface area contributed by atoms with E-state index in [-0.39, 0.29) is 23.9 Å². The maximum atomic E-state index is 12.8. The Morgan fingerprint density at radius 2 is 1.67 bits per heavy atom. The van der Waals surface area contributed by atoms with Crippen molar-refractivity contribution in [2.45, 2.75) is 59.4 Å². The van der Waals surface area contributed by atoms with Crippen LogP contribution in [0.15, 0.2) is 42.5 Å². The van der Waals surface area contributed by atoms with Gasteiger partial charge in [-0.3, -0.25) is 9.10 Å². The van der Waals surface area contributed by atoms with Gasteiger partial charge < -0.3 is 5.32 Å². The Balaban J connectivity index is 2.23. The van der Waals surface area contributed by atoms with Gasteiger partial charge in [0, 0.05) is 0 Å². The van der Waals surface area contributed by atoms with Gasteiger partial charge in [0.2, 0.25) is 15.9 Å². The highest BCUT2D eigenvalue weighted by Crippen LogP contribution is 2.26. The minimum Gasteiger partial charge on any atom is -0.348 e. The summed E-state index contributed by atoms with van der Waals surface area (Å²) in [6.07, 6.45) is 1.84. The van der Waals surface area contributed by atoms with Crippen molar-refractivity contribution in [2.24, 2.45) is 0 Å². The van der Waals surface area contributed by atoms with Gasteiger partial charge in [-0.05, 0) is 54.5 Å². The maximum absolute atomic E-state index is 12.8. The Morgan fingerprint density at radius 3 is 2.13 bits per heavy atom. The number of sulfonamides is 1. The Morgan fingerprint density at radius 1 is 1.07 bits per heavy atom. The Hall–Kier alpha value is -2.34. The summed E-state index contributed by atoms with van der Waals surface area (Å²) in [5.41, 5.74) is 4.88. The number of carbonyl (C=O) groups excluding carboxylic acids is 1. The van der Waals surface area contributed by atoms with Gasteiger partial charge in [-0.15, -0.1) is 0 Å². The summed E-state index contributed by atoms with van der Waals surface area (Å²) in [5, 5.41) is 3.01. The van der Waals surface area contributed by atoms with Crippen molar-refractivity contribution in [1.82, 2.24) is 5.32 Å². The molecule has 0 radical (unpaired) electrons. The summed E-state index contributed by atoms with van der Waals surface area (Å²) >= 11 is 0. The van der Waals surface area contributed by atoms with Crippen molar-refractivity contribution < 1.29 is 13.2 Å². The van der Waals surface area contributed by atoms with Gasteiger partial charge in [-0.2, -0.15) is 0 Å². The summed E-state index contributed by atoms with van der Waals surface area (Å²) < 4.78 is 26.0. The van der Waals surface area contributed by atoms with Crippen LogP contribution in [0.1, 0.15) is 62.4 Å². The molecule has 1 amide bonds. The van der Waals surface area contributed by atoms with E-state index >= 15 is 0 Å². The van der Waals surface area contributed by atoms with Gasteiger partial charge in [0.15, 0.2) is 0 Å². The first-order valence-electron chi connectivity index (χ1n) is 10.3. The summed E-state index contributed by atoms with van der Waals surface area (Å²) in [7, 11) is -3.61. The molecule has 2 rings (SSSR count). The van der Waals surface area contributed by atoms with E-state index in [0.29, 0.717) is 5.69 Å². The number of hydrogen-bond acceptors (Lipinski definition) is 3. The van der Waals surface area contributed by atoms with Crippen LogP contribution in [0.2, 0.25) is 0 Å². The van der Waals surface area contributed by atoms with E-state index in [9.17, 15) is 13.2 Å². The number of benzene rings is 2. The molecule has 0 saturated heterocycles. The molecular formula is C24H34N2O3S. The van der Waals surface area contributed by atoms with E-state index in [2.05, 4.69) is 32.2 Å². The highest BCUT2D eigenvalue weighted by molar-refractivity contribution is 7.92. The standard InChI is InChI=1S/C24H34N2O3S/c1-8-22(21-14-9-17(2)15-18(21)3)25-23(27)16-26(30(7,28)29)20-12-10-19(11-13-20)24(4,5)6/h9-15,22H,8,16H2,1-7H3,(H,25,27)/t22-/m0/s1. The second kappa shape index (κ2) is 9.21. The lowest BCUT2D eigenvalue weighted by Gasteiger charge is -2.26. The minimum absolute atomic E-state index is 0.0356. The van der Waals surface area contributed by atoms with Gasteiger partial charge in [0.05, 0.1) is 18.0 Å². The van der Waals surface area contributed by atoms with Crippen molar-refractivity contribution in [2.75, 3.05) is 17.1 Å². The van der Waals surface area contributed by atoms with Crippen molar-refractivity contribution in [3.05, 3.63) is 64.7 Å². The molecule has 1 atom stereocenters. The molecular weight excluding hydrogens is 396 g/mol. The molecule has 0 fully saturated rings. The normalized spacial score (nSPS) is 13.0. The minimum atomic E-state index is -3.61. The SMILES string of the molecule is CC[C@H](NC(=O)CN(c1ccc(C(C)(C)C)cc1)S(C)(=O)=O)c1ccc(C)cc1C. The molecule has 1 N–H and O–H groups in total. The first kappa shape index (κ1) is 23.9. The molecule has 0 aliphatic carbocycles. The van der Waals surface area contributed by atoms with Crippen LogP contribution in [-0.2, 0) is 20.2 Å². The number of aryl methyl sites for hydroxylation is 2. The van der Waals surface area contributed by atoms with Crippen LogP contribution in [0.3, 0.4) is 0 Å². The first-order valence-corrected chi connectivity index (χ1v) is 12.1. The van der Waals surface area contributed by atoms with Gasteiger partial charge in [0.1, 0.15) is 6.54 Å². The molecule has 0 aromatic heterocycles. The van der Waals surface area contributed by atoms with Crippen LogP contribution < -0.4 is 9.62 Å². The van der Waals surface area contributed by atoms with Crippen LogP contribution in [0.25, 0.3) is 0 Å². The third kappa shape index (κ3) is 6.08. The molecule has 5 nitrogen and oxygen atoms in total. The third-order valence-electron chi connectivity index (χ3n) is 5.25. The van der Waals surface area contributed by atoms with Crippen molar-refractivity contribution in [3.63, 3.8) is 0 Å². The molecule has 164 valence electrons. The number of carbonyl (C=O) groups is 1. The topological polar surface area (TPSA) is 66.5 Å². The van der Waals surface area contributed by atoms with Crippen LogP contribution in [-0.4, -0.2) is 27.1 Å².